The largest absolute Gasteiger partial charge is 0.493 e. The number of hydrogen-bond donors (Lipinski definition) is 4. The molecule has 12 heteroatoms. The van der Waals surface area contributed by atoms with E-state index in [1.807, 2.05) is 50.2 Å². The zero-order valence-electron chi connectivity index (χ0n) is 32.1. The van der Waals surface area contributed by atoms with Crippen LogP contribution in [0.1, 0.15) is 73.4 Å². The van der Waals surface area contributed by atoms with Gasteiger partial charge in [-0.25, -0.2) is 0 Å². The topological polar surface area (TPSA) is 153 Å². The van der Waals surface area contributed by atoms with Gasteiger partial charge in [-0.3, -0.25) is 19.2 Å². The molecule has 0 bridgehead atoms. The van der Waals surface area contributed by atoms with Crippen LogP contribution in [-0.4, -0.2) is 58.6 Å². The minimum absolute atomic E-state index is 0.0538. The maximum Gasteiger partial charge on any atom is 0.255 e. The first-order chi connectivity index (χ1) is 25.0. The number of carbonyl (C=O) groups excluding carboxylic acids is 4. The van der Waals surface area contributed by atoms with Crippen LogP contribution < -0.4 is 40.2 Å². The summed E-state index contributed by atoms with van der Waals surface area (Å²) in [5.74, 6) is 1.49. The summed E-state index contributed by atoms with van der Waals surface area (Å²) < 4.78 is 20.8. The van der Waals surface area contributed by atoms with E-state index in [0.29, 0.717) is 52.0 Å². The molecule has 4 amide bonds. The van der Waals surface area contributed by atoms with Gasteiger partial charge in [-0.2, -0.15) is 0 Å². The molecule has 4 rings (SSSR count). The van der Waals surface area contributed by atoms with Crippen LogP contribution in [0.25, 0.3) is 0 Å². The van der Waals surface area contributed by atoms with E-state index < -0.39 is 5.54 Å². The lowest BCUT2D eigenvalue weighted by Gasteiger charge is -2.26. The molecule has 4 N–H and O–H groups in total. The van der Waals surface area contributed by atoms with Crippen LogP contribution in [0, 0.1) is 0 Å². The SMILES string of the molecule is COc1ccc(C(=O)Nc2ccc(C(C)(C)CNC(C)=O)cc2)cc1OC.COc1ccc(C(=O)Nc2ccc(C(C)(C)NC(C)=O)cc2)cc1OC. The van der Waals surface area contributed by atoms with E-state index in [0.717, 1.165) is 11.1 Å². The van der Waals surface area contributed by atoms with Gasteiger partial charge in [0, 0.05) is 48.3 Å². The molecule has 0 unspecified atom stereocenters. The lowest BCUT2D eigenvalue weighted by molar-refractivity contribution is -0.121. The maximum absolute atomic E-state index is 12.5. The van der Waals surface area contributed by atoms with Gasteiger partial charge in [0.25, 0.3) is 11.8 Å². The second-order valence-corrected chi connectivity index (χ2v) is 13.3. The third kappa shape index (κ3) is 11.7. The summed E-state index contributed by atoms with van der Waals surface area (Å²) in [5.41, 5.74) is 3.60. The zero-order valence-corrected chi connectivity index (χ0v) is 32.1. The number of amides is 4. The number of rotatable bonds is 13. The van der Waals surface area contributed by atoms with E-state index in [4.69, 9.17) is 18.9 Å². The molecule has 0 aliphatic carbocycles. The molecule has 0 atom stereocenters. The monoisotopic (exact) mass is 726 g/mol. The van der Waals surface area contributed by atoms with Crippen molar-refractivity contribution < 1.29 is 38.1 Å². The average molecular weight is 727 g/mol. The third-order valence-electron chi connectivity index (χ3n) is 8.35. The van der Waals surface area contributed by atoms with Gasteiger partial charge in [-0.1, -0.05) is 38.1 Å². The Morgan fingerprint density at radius 3 is 1.28 bits per heavy atom. The highest BCUT2D eigenvalue weighted by Gasteiger charge is 2.22. The predicted octanol–water partition coefficient (Wildman–Crippen LogP) is 6.70. The van der Waals surface area contributed by atoms with Crippen molar-refractivity contribution >= 4 is 35.0 Å². The number of benzene rings is 4. The van der Waals surface area contributed by atoms with Gasteiger partial charge < -0.3 is 40.2 Å². The maximum atomic E-state index is 12.5. The van der Waals surface area contributed by atoms with Gasteiger partial charge in [0.15, 0.2) is 23.0 Å². The summed E-state index contributed by atoms with van der Waals surface area (Å²) in [6, 6.07) is 25.0. The first kappa shape index (κ1) is 41.4. The molecule has 0 saturated carbocycles. The quantitative estimate of drug-likeness (QED) is 0.119. The summed E-state index contributed by atoms with van der Waals surface area (Å²) in [6.07, 6.45) is 0. The van der Waals surface area contributed by atoms with Crippen molar-refractivity contribution in [1.29, 1.82) is 0 Å². The standard InChI is InChI=1S/C21H26N2O4.C20H24N2O4/c1-14(24)22-13-21(2,3)16-7-9-17(10-8-16)23-20(25)15-6-11-18(26-4)19(12-15)27-5;1-13(23)22-20(2,3)15-7-9-16(10-8-15)21-19(24)14-6-11-17(25-4)18(12-14)26-5/h6-12H,13H2,1-5H3,(H,22,24)(H,23,25);6-12H,1-5H3,(H,21,24)(H,22,23). The molecule has 282 valence electrons. The van der Waals surface area contributed by atoms with E-state index >= 15 is 0 Å². The molecule has 0 radical (unpaired) electrons. The fourth-order valence-electron chi connectivity index (χ4n) is 5.30. The molecule has 0 aliphatic rings. The molecule has 4 aromatic rings. The highest BCUT2D eigenvalue weighted by molar-refractivity contribution is 6.05. The lowest BCUT2D eigenvalue weighted by atomic mass is 9.84. The zero-order chi connectivity index (χ0) is 39.3. The van der Waals surface area contributed by atoms with Crippen molar-refractivity contribution in [3.63, 3.8) is 0 Å². The molecule has 4 aromatic carbocycles. The second kappa shape index (κ2) is 18.5. The fraction of sp³-hybridized carbons (Fsp3) is 0.317. The number of methoxy groups -OCH3 is 4. The van der Waals surface area contributed by atoms with Crippen molar-refractivity contribution in [2.45, 2.75) is 52.5 Å². The van der Waals surface area contributed by atoms with Crippen LogP contribution in [0.3, 0.4) is 0 Å². The average Bonchev–Trinajstić information content (AvgIpc) is 3.13. The Hall–Kier alpha value is -6.04. The molecule has 0 saturated heterocycles. The van der Waals surface area contributed by atoms with E-state index in [2.05, 4.69) is 35.1 Å². The van der Waals surface area contributed by atoms with Crippen molar-refractivity contribution in [3.05, 3.63) is 107 Å². The first-order valence-electron chi connectivity index (χ1n) is 16.8. The van der Waals surface area contributed by atoms with Crippen LogP contribution in [-0.2, 0) is 20.5 Å². The van der Waals surface area contributed by atoms with E-state index in [-0.39, 0.29) is 29.0 Å². The fourth-order valence-corrected chi connectivity index (χ4v) is 5.30. The van der Waals surface area contributed by atoms with Gasteiger partial charge >= 0.3 is 0 Å². The van der Waals surface area contributed by atoms with Crippen LogP contribution >= 0.6 is 0 Å². The molecule has 0 heterocycles. The number of nitrogens with one attached hydrogen (secondary N) is 4. The Balaban J connectivity index is 0.000000286. The molecule has 12 nitrogen and oxygen atoms in total. The molecule has 53 heavy (non-hydrogen) atoms. The normalized spacial score (nSPS) is 10.8. The van der Waals surface area contributed by atoms with E-state index in [9.17, 15) is 19.2 Å². The van der Waals surface area contributed by atoms with Crippen molar-refractivity contribution in [2.24, 2.45) is 0 Å². The van der Waals surface area contributed by atoms with Crippen molar-refractivity contribution in [2.75, 3.05) is 45.6 Å². The Labute approximate surface area is 311 Å². The van der Waals surface area contributed by atoms with Gasteiger partial charge in [0.05, 0.1) is 34.0 Å². The molecule has 0 spiro atoms. The minimum Gasteiger partial charge on any atom is -0.493 e. The smallest absolute Gasteiger partial charge is 0.255 e. The van der Waals surface area contributed by atoms with E-state index in [1.54, 1.807) is 62.8 Å². The van der Waals surface area contributed by atoms with Gasteiger partial charge in [-0.15, -0.1) is 0 Å². The highest BCUT2D eigenvalue weighted by Crippen LogP contribution is 2.30. The number of carbonyl (C=O) groups is 4. The summed E-state index contributed by atoms with van der Waals surface area (Å²) in [4.78, 5) is 47.4. The highest BCUT2D eigenvalue weighted by atomic mass is 16.5. The minimum atomic E-state index is -0.488. The summed E-state index contributed by atoms with van der Waals surface area (Å²) in [7, 11) is 6.14. The first-order valence-corrected chi connectivity index (χ1v) is 16.8. The lowest BCUT2D eigenvalue weighted by Crippen LogP contribution is -2.39. The molecule has 0 aromatic heterocycles. The van der Waals surface area contributed by atoms with Crippen molar-refractivity contribution in [3.8, 4) is 23.0 Å². The van der Waals surface area contributed by atoms with Crippen LogP contribution in [0.15, 0.2) is 84.9 Å². The van der Waals surface area contributed by atoms with Crippen LogP contribution in [0.2, 0.25) is 0 Å². The molecule has 0 fully saturated rings. The van der Waals surface area contributed by atoms with Gasteiger partial charge in [-0.05, 0) is 85.6 Å². The van der Waals surface area contributed by atoms with Crippen LogP contribution in [0.4, 0.5) is 11.4 Å². The summed E-state index contributed by atoms with van der Waals surface area (Å²) in [6.45, 7) is 11.5. The Morgan fingerprint density at radius 1 is 0.528 bits per heavy atom. The Bertz CT molecular complexity index is 1890. The number of hydrogen-bond acceptors (Lipinski definition) is 8. The Morgan fingerprint density at radius 2 is 0.925 bits per heavy atom. The molecular weight excluding hydrogens is 676 g/mol. The summed E-state index contributed by atoms with van der Waals surface area (Å²) >= 11 is 0. The van der Waals surface area contributed by atoms with Crippen LogP contribution in [0.5, 0.6) is 23.0 Å². The third-order valence-corrected chi connectivity index (χ3v) is 8.35. The molecular formula is C41H50N4O8. The van der Waals surface area contributed by atoms with E-state index in [1.165, 1.54) is 28.1 Å². The number of ether oxygens (including phenoxy) is 4. The molecule has 0 aliphatic heterocycles. The van der Waals surface area contributed by atoms with Gasteiger partial charge in [0.2, 0.25) is 11.8 Å². The number of anilines is 2. The van der Waals surface area contributed by atoms with Crippen molar-refractivity contribution in [1.82, 2.24) is 10.6 Å². The predicted molar refractivity (Wildman–Crippen MR) is 206 cm³/mol. The Kier molecular flexibility index (Phi) is 14.4. The summed E-state index contributed by atoms with van der Waals surface area (Å²) in [5, 5.41) is 11.4. The second-order valence-electron chi connectivity index (χ2n) is 13.3. The van der Waals surface area contributed by atoms with Gasteiger partial charge in [0.1, 0.15) is 0 Å².